The summed E-state index contributed by atoms with van der Waals surface area (Å²) in [5.41, 5.74) is 5.90. The fraction of sp³-hybridized carbons (Fsp3) is 0.359. The summed E-state index contributed by atoms with van der Waals surface area (Å²) in [6, 6.07) is 19.3. The maximum Gasteiger partial charge on any atom is 0.307 e. The van der Waals surface area contributed by atoms with E-state index < -0.39 is 0 Å². The van der Waals surface area contributed by atoms with Gasteiger partial charge < -0.3 is 29.2 Å². The largest absolute Gasteiger partial charge is 0.492 e. The molecule has 1 aromatic heterocycles. The summed E-state index contributed by atoms with van der Waals surface area (Å²) in [7, 11) is 2.15. The van der Waals surface area contributed by atoms with Crippen molar-refractivity contribution in [2.24, 2.45) is 5.92 Å². The maximum atomic E-state index is 11.6. The predicted octanol–water partition coefficient (Wildman–Crippen LogP) is 7.52. The molecule has 1 N–H and O–H groups in total. The molecule has 2 aliphatic rings. The number of nitrogens with one attached hydrogen (secondary N) is 1. The second-order valence-corrected chi connectivity index (χ2v) is 13.7. The fourth-order valence-corrected chi connectivity index (χ4v) is 6.90. The number of piperidine rings is 1. The van der Waals surface area contributed by atoms with E-state index in [0.29, 0.717) is 65.0 Å². The first-order valence-corrected chi connectivity index (χ1v) is 17.5. The van der Waals surface area contributed by atoms with Gasteiger partial charge in [-0.25, -0.2) is 0 Å². The first kappa shape index (κ1) is 35.5. The van der Waals surface area contributed by atoms with Crippen molar-refractivity contribution in [2.75, 3.05) is 33.4 Å². The Bertz CT molecular complexity index is 1880. The molecular weight excluding hydrogens is 675 g/mol. The van der Waals surface area contributed by atoms with Gasteiger partial charge in [0.25, 0.3) is 0 Å². The molecule has 6 rings (SSSR count). The molecule has 2 fully saturated rings. The molecule has 0 bridgehead atoms. The topological polar surface area (TPSA) is 106 Å². The summed E-state index contributed by atoms with van der Waals surface area (Å²) in [5.74, 6) is 1.96. The average Bonchev–Trinajstić information content (AvgIpc) is 3.54. The van der Waals surface area contributed by atoms with Crippen molar-refractivity contribution >= 4 is 29.2 Å². The number of hydrogen-bond acceptors (Lipinski definition) is 9. The Kier molecular flexibility index (Phi) is 11.8. The highest BCUT2D eigenvalue weighted by Gasteiger charge is 2.24. The van der Waals surface area contributed by atoms with Crippen LogP contribution in [0.3, 0.4) is 0 Å². The summed E-state index contributed by atoms with van der Waals surface area (Å²) in [5, 5.41) is 13.7. The number of ether oxygens (including phenoxy) is 4. The zero-order valence-corrected chi connectivity index (χ0v) is 29.7. The molecular formula is C39H40Cl2N4O5. The molecule has 0 radical (unpaired) electrons. The van der Waals surface area contributed by atoms with Crippen molar-refractivity contribution in [3.05, 3.63) is 105 Å². The number of nitrogens with zero attached hydrogens (tertiary/aromatic N) is 3. The number of cyclic esters (lactones) is 1. The number of pyridine rings is 1. The van der Waals surface area contributed by atoms with E-state index in [1.54, 1.807) is 24.4 Å². The van der Waals surface area contributed by atoms with E-state index in [1.807, 2.05) is 30.3 Å². The highest BCUT2D eigenvalue weighted by atomic mass is 35.5. The summed E-state index contributed by atoms with van der Waals surface area (Å²) in [6.45, 7) is 6.01. The molecule has 50 heavy (non-hydrogen) atoms. The van der Waals surface area contributed by atoms with Crippen LogP contribution < -0.4 is 19.5 Å². The van der Waals surface area contributed by atoms with Crippen molar-refractivity contribution in [1.29, 1.82) is 5.26 Å². The molecule has 0 amide bonds. The van der Waals surface area contributed by atoms with Crippen LogP contribution in [-0.2, 0) is 29.3 Å². The molecule has 4 aromatic rings. The fourth-order valence-electron chi connectivity index (χ4n) is 6.38. The number of carbonyl (C=O) groups is 1. The second-order valence-electron chi connectivity index (χ2n) is 12.9. The second kappa shape index (κ2) is 16.6. The predicted molar refractivity (Wildman–Crippen MR) is 193 cm³/mol. The number of rotatable bonds is 13. The lowest BCUT2D eigenvalue weighted by molar-refractivity contribution is -0.137. The first-order chi connectivity index (χ1) is 24.3. The Morgan fingerprint density at radius 1 is 1.00 bits per heavy atom. The van der Waals surface area contributed by atoms with E-state index in [9.17, 15) is 10.1 Å². The van der Waals surface area contributed by atoms with Gasteiger partial charge in [0, 0.05) is 54.2 Å². The number of nitriles is 1. The molecule has 1 unspecified atom stereocenters. The number of halogens is 2. The number of benzene rings is 3. The highest BCUT2D eigenvalue weighted by molar-refractivity contribution is 6.35. The minimum atomic E-state index is -0.226. The van der Waals surface area contributed by atoms with E-state index in [2.05, 4.69) is 41.3 Å². The van der Waals surface area contributed by atoms with Crippen molar-refractivity contribution in [3.63, 3.8) is 0 Å². The van der Waals surface area contributed by atoms with Gasteiger partial charge in [0.05, 0.1) is 34.7 Å². The van der Waals surface area contributed by atoms with Crippen LogP contribution in [0.2, 0.25) is 10.0 Å². The van der Waals surface area contributed by atoms with Crippen molar-refractivity contribution in [2.45, 2.75) is 52.0 Å². The molecule has 260 valence electrons. The van der Waals surface area contributed by atoms with E-state index in [1.165, 1.54) is 12.6 Å². The van der Waals surface area contributed by atoms with Crippen molar-refractivity contribution in [1.82, 2.24) is 15.2 Å². The van der Waals surface area contributed by atoms with Crippen molar-refractivity contribution in [3.8, 4) is 34.4 Å². The highest BCUT2D eigenvalue weighted by Crippen LogP contribution is 2.39. The Morgan fingerprint density at radius 2 is 1.82 bits per heavy atom. The van der Waals surface area contributed by atoms with Crippen LogP contribution in [-0.4, -0.2) is 55.2 Å². The van der Waals surface area contributed by atoms with Crippen LogP contribution in [0, 0.1) is 24.2 Å². The lowest BCUT2D eigenvalue weighted by Crippen LogP contribution is -2.34. The number of aromatic nitrogens is 1. The van der Waals surface area contributed by atoms with Crippen LogP contribution in [0.1, 0.15) is 47.1 Å². The molecule has 2 saturated heterocycles. The third-order valence-electron chi connectivity index (χ3n) is 9.15. The van der Waals surface area contributed by atoms with Gasteiger partial charge in [0.1, 0.15) is 43.1 Å². The van der Waals surface area contributed by atoms with Gasteiger partial charge in [-0.15, -0.1) is 0 Å². The summed E-state index contributed by atoms with van der Waals surface area (Å²) >= 11 is 13.7. The zero-order chi connectivity index (χ0) is 35.0. The van der Waals surface area contributed by atoms with Gasteiger partial charge in [0.15, 0.2) is 0 Å². The van der Waals surface area contributed by atoms with Crippen LogP contribution in [0.15, 0.2) is 67.0 Å². The molecule has 3 heterocycles. The van der Waals surface area contributed by atoms with Crippen LogP contribution in [0.25, 0.3) is 11.1 Å². The minimum absolute atomic E-state index is 0.100. The van der Waals surface area contributed by atoms with Crippen molar-refractivity contribution < 1.29 is 23.7 Å². The molecule has 2 atom stereocenters. The third kappa shape index (κ3) is 8.87. The zero-order valence-electron chi connectivity index (χ0n) is 28.2. The normalized spacial score (nSPS) is 17.6. The number of likely N-dealkylation sites (tertiary alicyclic amines) is 1. The summed E-state index contributed by atoms with van der Waals surface area (Å²) in [6.07, 6.45) is 5.81. The lowest BCUT2D eigenvalue weighted by atomic mass is 9.96. The maximum absolute atomic E-state index is 11.6. The Hall–Kier alpha value is -4.33. The van der Waals surface area contributed by atoms with E-state index in [4.69, 9.17) is 42.1 Å². The molecule has 2 aliphatic heterocycles. The molecule has 0 spiro atoms. The quantitative estimate of drug-likeness (QED) is 0.141. The van der Waals surface area contributed by atoms with Gasteiger partial charge in [0.2, 0.25) is 0 Å². The minimum Gasteiger partial charge on any atom is -0.492 e. The van der Waals surface area contributed by atoms with E-state index in [-0.39, 0.29) is 25.2 Å². The van der Waals surface area contributed by atoms with Gasteiger partial charge in [-0.3, -0.25) is 9.78 Å². The molecule has 0 aliphatic carbocycles. The average molecular weight is 716 g/mol. The van der Waals surface area contributed by atoms with E-state index in [0.717, 1.165) is 52.9 Å². The molecule has 3 aromatic carbocycles. The van der Waals surface area contributed by atoms with Crippen LogP contribution >= 0.6 is 23.2 Å². The molecule has 9 nitrogen and oxygen atoms in total. The number of hydrogen-bond donors (Lipinski definition) is 1. The van der Waals surface area contributed by atoms with Gasteiger partial charge >= 0.3 is 5.97 Å². The van der Waals surface area contributed by atoms with Crippen LogP contribution in [0.4, 0.5) is 0 Å². The molecule has 0 saturated carbocycles. The van der Waals surface area contributed by atoms with Gasteiger partial charge in [-0.2, -0.15) is 5.26 Å². The Morgan fingerprint density at radius 3 is 2.62 bits per heavy atom. The van der Waals surface area contributed by atoms with Gasteiger partial charge in [-0.05, 0) is 68.2 Å². The Labute approximate surface area is 303 Å². The van der Waals surface area contributed by atoms with Crippen LogP contribution in [0.5, 0.6) is 17.2 Å². The molecule has 11 heteroatoms. The lowest BCUT2D eigenvalue weighted by Gasteiger charge is -2.29. The Balaban J connectivity index is 1.18. The summed E-state index contributed by atoms with van der Waals surface area (Å²) < 4.78 is 23.9. The summed E-state index contributed by atoms with van der Waals surface area (Å²) in [4.78, 5) is 18.1. The first-order valence-electron chi connectivity index (χ1n) is 16.8. The smallest absolute Gasteiger partial charge is 0.307 e. The third-order valence-corrected chi connectivity index (χ3v) is 9.84. The van der Waals surface area contributed by atoms with Gasteiger partial charge in [-0.1, -0.05) is 53.5 Å². The number of esters is 1. The van der Waals surface area contributed by atoms with E-state index >= 15 is 0 Å². The standard InChI is InChI=1S/C39H40Cl2N4O5/c1-25-29(7-3-8-32(25)33-9-4-10-35(39(33)41)47-21-26-6-5-11-45(2)20-26)23-49-37-15-36(48-22-28-12-27(16-42)17-43-18-28)30(13-34(37)40)19-44-31-14-38(46)50-24-31/h3-4,7-10,12-13,15,17-18,26,31,44H,5-6,11,14,19-24H2,1-2H3/t26?,31-/m1/s1. The number of carbonyl (C=O) groups excluding carboxylic acids is 1. The SMILES string of the molecule is Cc1c(COc2cc(OCc3cncc(C#N)c3)c(CN[C@H]3COC(=O)C3)cc2Cl)cccc1-c1cccc(OCC2CCCN(C)C2)c1Cl. The monoisotopic (exact) mass is 714 g/mol.